The maximum atomic E-state index is 13.4. The Morgan fingerprint density at radius 3 is 2.54 bits per heavy atom. The third-order valence-corrected chi connectivity index (χ3v) is 8.39. The molecule has 0 aromatic carbocycles. The maximum absolute atomic E-state index is 13.4. The molecule has 1 amide bonds. The van der Waals surface area contributed by atoms with Gasteiger partial charge in [0.1, 0.15) is 5.78 Å². The van der Waals surface area contributed by atoms with Crippen molar-refractivity contribution in [2.45, 2.75) is 58.8 Å². The molecule has 4 nitrogen and oxygen atoms in total. The molecule has 4 rings (SSSR count). The zero-order valence-corrected chi connectivity index (χ0v) is 16.5. The maximum Gasteiger partial charge on any atom is 0.225 e. The number of allylic oxidation sites excluding steroid dienone is 1. The summed E-state index contributed by atoms with van der Waals surface area (Å²) in [7, 11) is 3.65. The molecule has 3 fully saturated rings. The Bertz CT molecular complexity index is 708. The Labute approximate surface area is 156 Å². The van der Waals surface area contributed by atoms with Gasteiger partial charge in [0.15, 0.2) is 5.78 Å². The van der Waals surface area contributed by atoms with Crippen LogP contribution in [0.15, 0.2) is 11.6 Å². The van der Waals surface area contributed by atoms with Crippen molar-refractivity contribution in [2.75, 3.05) is 14.1 Å². The van der Waals surface area contributed by atoms with Crippen LogP contribution in [0.2, 0.25) is 0 Å². The smallest absolute Gasteiger partial charge is 0.225 e. The third-order valence-electron chi connectivity index (χ3n) is 8.39. The third kappa shape index (κ3) is 2.30. The SMILES string of the molecule is CN(C)C(=O)C1CCC2C3CCC4=CC(=O)CCC4(C)C3C(=O)CC12C. The second-order valence-corrected chi connectivity index (χ2v) is 9.85. The van der Waals surface area contributed by atoms with Crippen LogP contribution < -0.4 is 0 Å². The number of Topliss-reactive ketones (excluding diaryl/α,β-unsaturated/α-hetero) is 1. The molecular formula is C22H31NO3. The van der Waals surface area contributed by atoms with Crippen molar-refractivity contribution >= 4 is 17.5 Å². The number of fused-ring (bicyclic) bond motifs is 5. The summed E-state index contributed by atoms with van der Waals surface area (Å²) in [5.74, 6) is 1.60. The first kappa shape index (κ1) is 17.9. The van der Waals surface area contributed by atoms with E-state index >= 15 is 0 Å². The topological polar surface area (TPSA) is 54.5 Å². The normalized spacial score (nSPS) is 44.7. The summed E-state index contributed by atoms with van der Waals surface area (Å²) in [4.78, 5) is 39.8. The second kappa shape index (κ2) is 5.77. The predicted molar refractivity (Wildman–Crippen MR) is 99.3 cm³/mol. The minimum atomic E-state index is -0.193. The van der Waals surface area contributed by atoms with Gasteiger partial charge in [-0.05, 0) is 60.8 Å². The van der Waals surface area contributed by atoms with Crippen molar-refractivity contribution < 1.29 is 14.4 Å². The lowest BCUT2D eigenvalue weighted by Crippen LogP contribution is -2.55. The number of carbonyl (C=O) groups is 3. The van der Waals surface area contributed by atoms with E-state index in [4.69, 9.17) is 0 Å². The monoisotopic (exact) mass is 357 g/mol. The highest BCUT2D eigenvalue weighted by Crippen LogP contribution is 2.65. The number of nitrogens with zero attached hydrogens (tertiary/aromatic N) is 1. The summed E-state index contributed by atoms with van der Waals surface area (Å²) >= 11 is 0. The highest BCUT2D eigenvalue weighted by molar-refractivity contribution is 5.93. The zero-order valence-electron chi connectivity index (χ0n) is 16.5. The number of hydrogen-bond donors (Lipinski definition) is 0. The Hall–Kier alpha value is -1.45. The van der Waals surface area contributed by atoms with Crippen LogP contribution in [0, 0.1) is 34.5 Å². The van der Waals surface area contributed by atoms with Crippen LogP contribution in [0.25, 0.3) is 0 Å². The lowest BCUT2D eigenvalue weighted by atomic mass is 9.46. The Morgan fingerprint density at radius 1 is 1.12 bits per heavy atom. The Balaban J connectivity index is 1.70. The molecule has 0 aromatic rings. The molecule has 0 heterocycles. The standard InChI is InChI=1S/C22H31NO3/c1-21-10-9-14(24)11-13(21)5-6-15-16-7-8-17(20(26)23(3)4)22(16,2)12-18(25)19(15)21/h11,15-17,19H,5-10,12H2,1-4H3. The van der Waals surface area contributed by atoms with E-state index in [-0.39, 0.29) is 34.4 Å². The van der Waals surface area contributed by atoms with E-state index in [9.17, 15) is 14.4 Å². The summed E-state index contributed by atoms with van der Waals surface area (Å²) in [6, 6.07) is 0. The number of carbonyl (C=O) groups excluding carboxylic acids is 3. The van der Waals surface area contributed by atoms with E-state index < -0.39 is 0 Å². The summed E-state index contributed by atoms with van der Waals surface area (Å²) in [6.45, 7) is 4.42. The van der Waals surface area contributed by atoms with Crippen LogP contribution in [0.3, 0.4) is 0 Å². The van der Waals surface area contributed by atoms with Crippen LogP contribution >= 0.6 is 0 Å². The van der Waals surface area contributed by atoms with Gasteiger partial charge in [0.2, 0.25) is 5.91 Å². The molecule has 0 aromatic heterocycles. The molecule has 0 bridgehead atoms. The average molecular weight is 357 g/mol. The van der Waals surface area contributed by atoms with Crippen molar-refractivity contribution in [3.05, 3.63) is 11.6 Å². The first-order chi connectivity index (χ1) is 12.2. The molecule has 142 valence electrons. The van der Waals surface area contributed by atoms with Crippen LogP contribution in [0.5, 0.6) is 0 Å². The molecule has 0 N–H and O–H groups in total. The summed E-state index contributed by atoms with van der Waals surface area (Å²) in [6.07, 6.45) is 7.65. The van der Waals surface area contributed by atoms with Gasteiger partial charge in [0.05, 0.1) is 0 Å². The molecule has 3 saturated carbocycles. The number of hydrogen-bond acceptors (Lipinski definition) is 3. The van der Waals surface area contributed by atoms with Crippen molar-refractivity contribution in [2.24, 2.45) is 34.5 Å². The van der Waals surface area contributed by atoms with E-state index in [1.165, 1.54) is 5.57 Å². The fraction of sp³-hybridized carbons (Fsp3) is 0.773. The summed E-state index contributed by atoms with van der Waals surface area (Å²) < 4.78 is 0. The van der Waals surface area contributed by atoms with Crippen LogP contribution in [-0.2, 0) is 14.4 Å². The van der Waals surface area contributed by atoms with Gasteiger partial charge in [-0.3, -0.25) is 14.4 Å². The van der Waals surface area contributed by atoms with Crippen molar-refractivity contribution in [1.29, 1.82) is 0 Å². The molecule has 4 heteroatoms. The average Bonchev–Trinajstić information content (AvgIpc) is 2.90. The molecule has 0 saturated heterocycles. The number of ketones is 2. The van der Waals surface area contributed by atoms with E-state index in [0.717, 1.165) is 32.1 Å². The van der Waals surface area contributed by atoms with Gasteiger partial charge < -0.3 is 4.90 Å². The van der Waals surface area contributed by atoms with Crippen LogP contribution in [0.4, 0.5) is 0 Å². The van der Waals surface area contributed by atoms with E-state index in [2.05, 4.69) is 13.8 Å². The Kier molecular flexibility index (Phi) is 3.98. The van der Waals surface area contributed by atoms with Gasteiger partial charge >= 0.3 is 0 Å². The molecular weight excluding hydrogens is 326 g/mol. The molecule has 0 radical (unpaired) electrons. The molecule has 0 aliphatic heterocycles. The second-order valence-electron chi connectivity index (χ2n) is 9.85. The molecule has 0 spiro atoms. The lowest BCUT2D eigenvalue weighted by Gasteiger charge is -2.56. The molecule has 26 heavy (non-hydrogen) atoms. The molecule has 4 aliphatic rings. The van der Waals surface area contributed by atoms with E-state index in [0.29, 0.717) is 30.5 Å². The molecule has 6 atom stereocenters. The summed E-state index contributed by atoms with van der Waals surface area (Å²) in [5.41, 5.74) is 0.881. The minimum Gasteiger partial charge on any atom is -0.349 e. The van der Waals surface area contributed by atoms with Crippen LogP contribution in [-0.4, -0.2) is 36.5 Å². The number of amides is 1. The molecule has 4 aliphatic carbocycles. The van der Waals surface area contributed by atoms with Gasteiger partial charge in [0, 0.05) is 38.8 Å². The van der Waals surface area contributed by atoms with Gasteiger partial charge in [-0.25, -0.2) is 0 Å². The first-order valence-electron chi connectivity index (χ1n) is 10.2. The fourth-order valence-electron chi connectivity index (χ4n) is 7.10. The zero-order chi connectivity index (χ0) is 18.9. The number of rotatable bonds is 1. The lowest BCUT2D eigenvalue weighted by molar-refractivity contribution is -0.151. The van der Waals surface area contributed by atoms with Crippen molar-refractivity contribution in [3.63, 3.8) is 0 Å². The predicted octanol–water partition coefficient (Wildman–Crippen LogP) is 3.40. The summed E-state index contributed by atoms with van der Waals surface area (Å²) in [5, 5.41) is 0. The largest absolute Gasteiger partial charge is 0.349 e. The highest BCUT2D eigenvalue weighted by Gasteiger charge is 2.63. The first-order valence-corrected chi connectivity index (χ1v) is 10.2. The van der Waals surface area contributed by atoms with Crippen LogP contribution in [0.1, 0.15) is 58.8 Å². The van der Waals surface area contributed by atoms with E-state index in [1.54, 1.807) is 4.90 Å². The quantitative estimate of drug-likeness (QED) is 0.723. The van der Waals surface area contributed by atoms with E-state index in [1.807, 2.05) is 20.2 Å². The Morgan fingerprint density at radius 2 is 1.85 bits per heavy atom. The highest BCUT2D eigenvalue weighted by atomic mass is 16.2. The fourth-order valence-corrected chi connectivity index (χ4v) is 7.10. The van der Waals surface area contributed by atoms with Crippen molar-refractivity contribution in [1.82, 2.24) is 4.90 Å². The van der Waals surface area contributed by atoms with Gasteiger partial charge in [-0.2, -0.15) is 0 Å². The van der Waals surface area contributed by atoms with Gasteiger partial charge in [-0.1, -0.05) is 19.4 Å². The van der Waals surface area contributed by atoms with Gasteiger partial charge in [-0.15, -0.1) is 0 Å². The minimum absolute atomic E-state index is 0.0231. The molecule has 6 unspecified atom stereocenters. The van der Waals surface area contributed by atoms with Gasteiger partial charge in [0.25, 0.3) is 0 Å². The van der Waals surface area contributed by atoms with Crippen molar-refractivity contribution in [3.8, 4) is 0 Å².